The van der Waals surface area contributed by atoms with Gasteiger partial charge in [-0.25, -0.2) is 0 Å². The molecule has 1 aliphatic carbocycles. The molecule has 1 fully saturated rings. The first-order valence-electron chi connectivity index (χ1n) is 6.15. The standard InChI is InChI=1S/C14H19BrO/c1-2-16-13-8-3-11(4-9-13)5-10-14(15)12-6-7-12/h3-4,8-9,12,14H,2,5-7,10H2,1H3. The van der Waals surface area contributed by atoms with E-state index in [2.05, 4.69) is 40.2 Å². The van der Waals surface area contributed by atoms with E-state index in [1.807, 2.05) is 6.92 Å². The third kappa shape index (κ3) is 3.51. The molecule has 0 aromatic heterocycles. The molecule has 1 aromatic carbocycles. The van der Waals surface area contributed by atoms with Crippen molar-refractivity contribution in [3.8, 4) is 5.75 Å². The van der Waals surface area contributed by atoms with Crippen LogP contribution in [0.4, 0.5) is 0 Å². The number of hydrogen-bond donors (Lipinski definition) is 0. The van der Waals surface area contributed by atoms with Gasteiger partial charge in [-0.1, -0.05) is 28.1 Å². The van der Waals surface area contributed by atoms with Gasteiger partial charge < -0.3 is 4.74 Å². The summed E-state index contributed by atoms with van der Waals surface area (Å²) >= 11 is 3.78. The number of rotatable bonds is 6. The predicted octanol–water partition coefficient (Wildman–Crippen LogP) is 4.19. The van der Waals surface area contributed by atoms with Crippen molar-refractivity contribution in [2.24, 2.45) is 5.92 Å². The summed E-state index contributed by atoms with van der Waals surface area (Å²) in [5.74, 6) is 1.92. The minimum atomic E-state index is 0.721. The van der Waals surface area contributed by atoms with Gasteiger partial charge >= 0.3 is 0 Å². The zero-order valence-electron chi connectivity index (χ0n) is 9.79. The van der Waals surface area contributed by atoms with Crippen molar-refractivity contribution >= 4 is 15.9 Å². The molecule has 1 aromatic rings. The molecule has 0 N–H and O–H groups in total. The van der Waals surface area contributed by atoms with Crippen LogP contribution in [0.25, 0.3) is 0 Å². The minimum Gasteiger partial charge on any atom is -0.494 e. The normalized spacial score (nSPS) is 17.1. The van der Waals surface area contributed by atoms with Crippen LogP contribution in [-0.2, 0) is 6.42 Å². The molecular formula is C14H19BrO. The molecule has 0 radical (unpaired) electrons. The van der Waals surface area contributed by atoms with Crippen LogP contribution < -0.4 is 4.74 Å². The summed E-state index contributed by atoms with van der Waals surface area (Å²) < 4.78 is 5.43. The third-order valence-corrected chi connectivity index (χ3v) is 4.28. The molecule has 1 aliphatic rings. The van der Waals surface area contributed by atoms with E-state index in [-0.39, 0.29) is 0 Å². The summed E-state index contributed by atoms with van der Waals surface area (Å²) in [4.78, 5) is 0.721. The maximum atomic E-state index is 5.43. The Balaban J connectivity index is 1.79. The number of hydrogen-bond acceptors (Lipinski definition) is 1. The summed E-state index contributed by atoms with van der Waals surface area (Å²) in [7, 11) is 0. The molecule has 0 spiro atoms. The van der Waals surface area contributed by atoms with Gasteiger partial charge in [-0.3, -0.25) is 0 Å². The van der Waals surface area contributed by atoms with Crippen LogP contribution in [0, 0.1) is 5.92 Å². The van der Waals surface area contributed by atoms with Crippen molar-refractivity contribution < 1.29 is 4.74 Å². The average molecular weight is 283 g/mol. The quantitative estimate of drug-likeness (QED) is 0.711. The number of aryl methyl sites for hydroxylation is 1. The first kappa shape index (κ1) is 12.0. The Bertz CT molecular complexity index is 316. The maximum Gasteiger partial charge on any atom is 0.119 e. The zero-order chi connectivity index (χ0) is 11.4. The topological polar surface area (TPSA) is 9.23 Å². The van der Waals surface area contributed by atoms with Crippen LogP contribution in [-0.4, -0.2) is 11.4 Å². The van der Waals surface area contributed by atoms with E-state index < -0.39 is 0 Å². The van der Waals surface area contributed by atoms with Crippen LogP contribution in [0.15, 0.2) is 24.3 Å². The molecule has 0 bridgehead atoms. The Hall–Kier alpha value is -0.500. The first-order chi connectivity index (χ1) is 7.79. The molecule has 1 atom stereocenters. The van der Waals surface area contributed by atoms with E-state index >= 15 is 0 Å². The Morgan fingerprint density at radius 2 is 2.00 bits per heavy atom. The van der Waals surface area contributed by atoms with E-state index in [9.17, 15) is 0 Å². The maximum absolute atomic E-state index is 5.43. The van der Waals surface area contributed by atoms with Gasteiger partial charge in [-0.15, -0.1) is 0 Å². The fourth-order valence-electron chi connectivity index (χ4n) is 1.92. The average Bonchev–Trinajstić information content (AvgIpc) is 3.12. The number of alkyl halides is 1. The van der Waals surface area contributed by atoms with E-state index in [1.54, 1.807) is 0 Å². The van der Waals surface area contributed by atoms with Crippen molar-refractivity contribution in [3.63, 3.8) is 0 Å². The van der Waals surface area contributed by atoms with Crippen LogP contribution in [0.2, 0.25) is 0 Å². The second kappa shape index (κ2) is 5.72. The van der Waals surface area contributed by atoms with Crippen LogP contribution >= 0.6 is 15.9 Å². The minimum absolute atomic E-state index is 0.721. The van der Waals surface area contributed by atoms with Gasteiger partial charge in [0.15, 0.2) is 0 Å². The highest BCUT2D eigenvalue weighted by Gasteiger charge is 2.28. The van der Waals surface area contributed by atoms with Gasteiger partial charge in [0.2, 0.25) is 0 Å². The van der Waals surface area contributed by atoms with E-state index in [4.69, 9.17) is 4.74 Å². The lowest BCUT2D eigenvalue weighted by Crippen LogP contribution is -2.02. The molecule has 2 rings (SSSR count). The lowest BCUT2D eigenvalue weighted by molar-refractivity contribution is 0.340. The Morgan fingerprint density at radius 1 is 1.31 bits per heavy atom. The van der Waals surface area contributed by atoms with Gasteiger partial charge in [0.1, 0.15) is 5.75 Å². The third-order valence-electron chi connectivity index (χ3n) is 3.08. The molecule has 16 heavy (non-hydrogen) atoms. The van der Waals surface area contributed by atoms with Gasteiger partial charge in [-0.05, 0) is 56.2 Å². The van der Waals surface area contributed by atoms with Crippen molar-refractivity contribution in [2.45, 2.75) is 37.4 Å². The molecule has 0 heterocycles. The van der Waals surface area contributed by atoms with Crippen LogP contribution in [0.5, 0.6) is 5.75 Å². The highest BCUT2D eigenvalue weighted by Crippen LogP contribution is 2.38. The molecule has 88 valence electrons. The fourth-order valence-corrected chi connectivity index (χ4v) is 2.67. The lowest BCUT2D eigenvalue weighted by Gasteiger charge is -2.08. The van der Waals surface area contributed by atoms with E-state index in [1.165, 1.54) is 31.2 Å². The van der Waals surface area contributed by atoms with E-state index in [0.717, 1.165) is 23.1 Å². The fraction of sp³-hybridized carbons (Fsp3) is 0.571. The summed E-state index contributed by atoms with van der Waals surface area (Å²) in [6, 6.07) is 8.49. The molecule has 0 amide bonds. The Morgan fingerprint density at radius 3 is 2.56 bits per heavy atom. The number of halogens is 1. The van der Waals surface area contributed by atoms with E-state index in [0.29, 0.717) is 0 Å². The van der Waals surface area contributed by atoms with Gasteiger partial charge in [0.05, 0.1) is 6.61 Å². The van der Waals surface area contributed by atoms with Crippen LogP contribution in [0.3, 0.4) is 0 Å². The molecule has 1 nitrogen and oxygen atoms in total. The Labute approximate surface area is 106 Å². The number of benzene rings is 1. The lowest BCUT2D eigenvalue weighted by atomic mass is 10.1. The molecule has 0 aliphatic heterocycles. The number of ether oxygens (including phenoxy) is 1. The molecule has 2 heteroatoms. The smallest absolute Gasteiger partial charge is 0.119 e. The summed E-state index contributed by atoms with van der Waals surface area (Å²) in [6.45, 7) is 2.75. The van der Waals surface area contributed by atoms with Crippen molar-refractivity contribution in [2.75, 3.05) is 6.61 Å². The van der Waals surface area contributed by atoms with Crippen molar-refractivity contribution in [1.29, 1.82) is 0 Å². The highest BCUT2D eigenvalue weighted by molar-refractivity contribution is 9.09. The second-order valence-electron chi connectivity index (χ2n) is 4.47. The molecule has 0 saturated heterocycles. The van der Waals surface area contributed by atoms with Gasteiger partial charge in [0, 0.05) is 4.83 Å². The van der Waals surface area contributed by atoms with Crippen molar-refractivity contribution in [1.82, 2.24) is 0 Å². The SMILES string of the molecule is CCOc1ccc(CCC(Br)C2CC2)cc1. The Kier molecular flexibility index (Phi) is 4.28. The summed E-state index contributed by atoms with van der Waals surface area (Å²) in [5, 5.41) is 0. The van der Waals surface area contributed by atoms with Gasteiger partial charge in [-0.2, -0.15) is 0 Å². The summed E-state index contributed by atoms with van der Waals surface area (Å²) in [6.07, 6.45) is 5.25. The molecular weight excluding hydrogens is 264 g/mol. The van der Waals surface area contributed by atoms with Crippen molar-refractivity contribution in [3.05, 3.63) is 29.8 Å². The first-order valence-corrected chi connectivity index (χ1v) is 7.07. The highest BCUT2D eigenvalue weighted by atomic mass is 79.9. The summed E-state index contributed by atoms with van der Waals surface area (Å²) in [5.41, 5.74) is 1.41. The molecule has 1 saturated carbocycles. The monoisotopic (exact) mass is 282 g/mol. The van der Waals surface area contributed by atoms with Gasteiger partial charge in [0.25, 0.3) is 0 Å². The second-order valence-corrected chi connectivity index (χ2v) is 5.65. The predicted molar refractivity (Wildman–Crippen MR) is 71.4 cm³/mol. The zero-order valence-corrected chi connectivity index (χ0v) is 11.4. The largest absolute Gasteiger partial charge is 0.494 e. The van der Waals surface area contributed by atoms with Crippen LogP contribution in [0.1, 0.15) is 31.7 Å². The molecule has 1 unspecified atom stereocenters.